The van der Waals surface area contributed by atoms with Crippen LogP contribution in [0.4, 0.5) is 13.2 Å². The first kappa shape index (κ1) is 14.1. The topological polar surface area (TPSA) is 49.4 Å². The highest BCUT2D eigenvalue weighted by atomic mass is 32.2. The van der Waals surface area contributed by atoms with Gasteiger partial charge in [-0.1, -0.05) is 0 Å². The van der Waals surface area contributed by atoms with E-state index in [4.69, 9.17) is 0 Å². The van der Waals surface area contributed by atoms with E-state index < -0.39 is 28.4 Å². The highest BCUT2D eigenvalue weighted by Crippen LogP contribution is 2.29. The molecule has 0 radical (unpaired) electrons. The fraction of sp³-hybridized carbons (Fsp3) is 1.00. The lowest BCUT2D eigenvalue weighted by Crippen LogP contribution is -2.34. The van der Waals surface area contributed by atoms with E-state index in [9.17, 15) is 21.6 Å². The van der Waals surface area contributed by atoms with Crippen molar-refractivity contribution < 1.29 is 21.6 Å². The quantitative estimate of drug-likeness (QED) is 0.832. The molecule has 0 aromatic rings. The number of rotatable bonds is 4. The van der Waals surface area contributed by atoms with Gasteiger partial charge < -0.3 is 5.32 Å². The normalized spacial score (nSPS) is 29.7. The van der Waals surface area contributed by atoms with Crippen LogP contribution in [-0.4, -0.2) is 50.8 Å². The van der Waals surface area contributed by atoms with Gasteiger partial charge in [-0.25, -0.2) is 12.7 Å². The van der Waals surface area contributed by atoms with E-state index in [1.807, 2.05) is 0 Å². The molecule has 0 amide bonds. The van der Waals surface area contributed by atoms with E-state index in [0.29, 0.717) is 24.9 Å². The fourth-order valence-electron chi connectivity index (χ4n) is 2.62. The summed E-state index contributed by atoms with van der Waals surface area (Å²) < 4.78 is 61.1. The summed E-state index contributed by atoms with van der Waals surface area (Å²) >= 11 is 0. The van der Waals surface area contributed by atoms with Crippen LogP contribution in [0.3, 0.4) is 0 Å². The Labute approximate surface area is 105 Å². The van der Waals surface area contributed by atoms with Crippen LogP contribution in [0.15, 0.2) is 0 Å². The van der Waals surface area contributed by atoms with Crippen molar-refractivity contribution in [1.29, 1.82) is 0 Å². The minimum Gasteiger partial charge on any atom is -0.316 e. The van der Waals surface area contributed by atoms with Crippen molar-refractivity contribution in [3.05, 3.63) is 0 Å². The van der Waals surface area contributed by atoms with Gasteiger partial charge in [0.15, 0.2) is 0 Å². The van der Waals surface area contributed by atoms with Gasteiger partial charge in [0.25, 0.3) is 0 Å². The van der Waals surface area contributed by atoms with Crippen molar-refractivity contribution in [2.45, 2.75) is 19.0 Å². The monoisotopic (exact) mass is 286 g/mol. The molecule has 4 nitrogen and oxygen atoms in total. The minimum atomic E-state index is -4.28. The lowest BCUT2D eigenvalue weighted by Gasteiger charge is -2.17. The summed E-state index contributed by atoms with van der Waals surface area (Å²) in [4.78, 5) is 0. The van der Waals surface area contributed by atoms with Gasteiger partial charge in [0.05, 0.1) is 5.75 Å². The van der Waals surface area contributed by atoms with Crippen molar-refractivity contribution in [1.82, 2.24) is 9.62 Å². The van der Waals surface area contributed by atoms with E-state index in [-0.39, 0.29) is 6.42 Å². The van der Waals surface area contributed by atoms with Gasteiger partial charge in [0, 0.05) is 19.5 Å². The Morgan fingerprint density at radius 2 is 1.72 bits per heavy atom. The van der Waals surface area contributed by atoms with Gasteiger partial charge in [-0.3, -0.25) is 0 Å². The maximum atomic E-state index is 12.0. The fourth-order valence-corrected chi connectivity index (χ4v) is 4.23. The van der Waals surface area contributed by atoms with Gasteiger partial charge in [-0.15, -0.1) is 0 Å². The third-order valence-electron chi connectivity index (χ3n) is 3.61. The maximum Gasteiger partial charge on any atom is 0.389 e. The SMILES string of the molecule is O=S(=O)(CCCC(F)(F)F)N1CC2CNCC2C1. The van der Waals surface area contributed by atoms with E-state index >= 15 is 0 Å². The van der Waals surface area contributed by atoms with Crippen LogP contribution in [0.25, 0.3) is 0 Å². The standard InChI is InChI=1S/C10H17F3N2O2S/c11-10(12,13)2-1-3-18(16,17)15-6-8-4-14-5-9(8)7-15/h8-9,14H,1-7H2. The van der Waals surface area contributed by atoms with Gasteiger partial charge in [-0.05, 0) is 31.3 Å². The highest BCUT2D eigenvalue weighted by Gasteiger charge is 2.41. The highest BCUT2D eigenvalue weighted by molar-refractivity contribution is 7.89. The van der Waals surface area contributed by atoms with Crippen molar-refractivity contribution in [3.8, 4) is 0 Å². The second-order valence-electron chi connectivity index (χ2n) is 5.03. The summed E-state index contributed by atoms with van der Waals surface area (Å²) in [6, 6.07) is 0. The Kier molecular flexibility index (Phi) is 3.89. The summed E-state index contributed by atoms with van der Waals surface area (Å²) in [5.74, 6) is 0.240. The Morgan fingerprint density at radius 1 is 1.17 bits per heavy atom. The van der Waals surface area contributed by atoms with Crippen molar-refractivity contribution in [2.24, 2.45) is 11.8 Å². The van der Waals surface area contributed by atoms with Crippen molar-refractivity contribution in [2.75, 3.05) is 31.9 Å². The maximum absolute atomic E-state index is 12.0. The molecule has 2 atom stereocenters. The van der Waals surface area contributed by atoms with E-state index in [1.165, 1.54) is 4.31 Å². The molecule has 2 heterocycles. The van der Waals surface area contributed by atoms with E-state index in [0.717, 1.165) is 13.1 Å². The average molecular weight is 286 g/mol. The van der Waals surface area contributed by atoms with Crippen LogP contribution in [0.1, 0.15) is 12.8 Å². The molecule has 0 bridgehead atoms. The zero-order valence-corrected chi connectivity index (χ0v) is 10.7. The predicted molar refractivity (Wildman–Crippen MR) is 60.5 cm³/mol. The Morgan fingerprint density at radius 3 is 2.22 bits per heavy atom. The lowest BCUT2D eigenvalue weighted by atomic mass is 10.0. The largest absolute Gasteiger partial charge is 0.389 e. The number of sulfonamides is 1. The molecule has 0 aromatic heterocycles. The molecular formula is C10H17F3N2O2S. The molecule has 0 aliphatic carbocycles. The van der Waals surface area contributed by atoms with Crippen LogP contribution in [0, 0.1) is 11.8 Å². The zero-order valence-electron chi connectivity index (χ0n) is 9.91. The molecule has 2 fully saturated rings. The third-order valence-corrected chi connectivity index (χ3v) is 5.50. The molecule has 2 saturated heterocycles. The van der Waals surface area contributed by atoms with Gasteiger partial charge in [-0.2, -0.15) is 13.2 Å². The number of nitrogens with zero attached hydrogens (tertiary/aromatic N) is 1. The molecule has 2 aliphatic rings. The molecule has 2 unspecified atom stereocenters. The zero-order chi connectivity index (χ0) is 13.4. The first-order valence-corrected chi connectivity index (χ1v) is 7.64. The summed E-state index contributed by atoms with van der Waals surface area (Å²) in [5.41, 5.74) is 0. The van der Waals surface area contributed by atoms with Gasteiger partial charge >= 0.3 is 6.18 Å². The Balaban J connectivity index is 1.84. The van der Waals surface area contributed by atoms with Gasteiger partial charge in [0.1, 0.15) is 0 Å². The summed E-state index contributed by atoms with van der Waals surface area (Å²) in [6.45, 7) is 2.51. The molecule has 0 saturated carbocycles. The number of alkyl halides is 3. The summed E-state index contributed by atoms with van der Waals surface area (Å²) in [7, 11) is -3.52. The van der Waals surface area contributed by atoms with Crippen LogP contribution in [0.5, 0.6) is 0 Å². The molecule has 1 N–H and O–H groups in total. The molecule has 8 heteroatoms. The Bertz CT molecular complexity index is 384. The number of fused-ring (bicyclic) bond motifs is 1. The van der Waals surface area contributed by atoms with E-state index in [2.05, 4.69) is 5.32 Å². The molecule has 2 rings (SSSR count). The van der Waals surface area contributed by atoms with Crippen molar-refractivity contribution >= 4 is 10.0 Å². The summed E-state index contributed by atoms with van der Waals surface area (Å²) in [6.07, 6.45) is -5.66. The number of hydrogen-bond donors (Lipinski definition) is 1. The molecule has 18 heavy (non-hydrogen) atoms. The summed E-state index contributed by atoms with van der Waals surface area (Å²) in [5, 5.41) is 3.19. The van der Waals surface area contributed by atoms with Crippen LogP contribution >= 0.6 is 0 Å². The molecule has 106 valence electrons. The van der Waals surface area contributed by atoms with Crippen molar-refractivity contribution in [3.63, 3.8) is 0 Å². The number of nitrogens with one attached hydrogen (secondary N) is 1. The second kappa shape index (κ2) is 4.97. The second-order valence-corrected chi connectivity index (χ2v) is 7.12. The smallest absolute Gasteiger partial charge is 0.316 e. The Hall–Kier alpha value is -0.340. The lowest BCUT2D eigenvalue weighted by molar-refractivity contribution is -0.134. The molecule has 0 spiro atoms. The predicted octanol–water partition coefficient (Wildman–Crippen LogP) is 0.810. The molecule has 2 aliphatic heterocycles. The number of hydrogen-bond acceptors (Lipinski definition) is 3. The van der Waals surface area contributed by atoms with Gasteiger partial charge in [0.2, 0.25) is 10.0 Å². The van der Waals surface area contributed by atoms with Crippen LogP contribution in [-0.2, 0) is 10.0 Å². The third kappa shape index (κ3) is 3.36. The average Bonchev–Trinajstić information content (AvgIpc) is 2.72. The number of halogens is 3. The molecular weight excluding hydrogens is 269 g/mol. The van der Waals surface area contributed by atoms with Crippen LogP contribution < -0.4 is 5.32 Å². The minimum absolute atomic E-state index is 0.322. The first-order valence-electron chi connectivity index (χ1n) is 6.03. The van der Waals surface area contributed by atoms with Crippen LogP contribution in [0.2, 0.25) is 0 Å². The van der Waals surface area contributed by atoms with E-state index in [1.54, 1.807) is 0 Å². The first-order chi connectivity index (χ1) is 8.28. The molecule has 0 aromatic carbocycles.